The SMILES string of the molecule is CCOc1cc(/C=C2\SC(Nc3cc(Cl)ccc3C)NC2=O)ccc1O. The molecule has 1 aliphatic rings. The zero-order valence-electron chi connectivity index (χ0n) is 14.4. The van der Waals surface area contributed by atoms with Crippen molar-refractivity contribution in [3.05, 3.63) is 57.5 Å². The molecule has 1 atom stereocenters. The number of thioether (sulfide) groups is 1. The van der Waals surface area contributed by atoms with Gasteiger partial charge >= 0.3 is 0 Å². The van der Waals surface area contributed by atoms with Gasteiger partial charge in [-0.3, -0.25) is 4.79 Å². The number of hydrogen-bond donors (Lipinski definition) is 3. The summed E-state index contributed by atoms with van der Waals surface area (Å²) in [5.74, 6) is 0.321. The van der Waals surface area contributed by atoms with Crippen molar-refractivity contribution in [2.75, 3.05) is 11.9 Å². The summed E-state index contributed by atoms with van der Waals surface area (Å²) in [6, 6.07) is 10.6. The Morgan fingerprint density at radius 1 is 1.35 bits per heavy atom. The number of amides is 1. The fourth-order valence-corrected chi connectivity index (χ4v) is 3.65. The van der Waals surface area contributed by atoms with Crippen LogP contribution in [0.15, 0.2) is 41.3 Å². The number of carbonyl (C=O) groups excluding carboxylic acids is 1. The van der Waals surface area contributed by atoms with Gasteiger partial charge in [-0.15, -0.1) is 0 Å². The number of aromatic hydroxyl groups is 1. The summed E-state index contributed by atoms with van der Waals surface area (Å²) in [4.78, 5) is 12.8. The summed E-state index contributed by atoms with van der Waals surface area (Å²) in [5.41, 5.74) is 2.42. The van der Waals surface area contributed by atoms with E-state index in [-0.39, 0.29) is 17.2 Å². The van der Waals surface area contributed by atoms with Gasteiger partial charge in [-0.25, -0.2) is 0 Å². The van der Waals surface area contributed by atoms with E-state index in [1.807, 2.05) is 32.0 Å². The van der Waals surface area contributed by atoms with Gasteiger partial charge in [0.25, 0.3) is 5.91 Å². The van der Waals surface area contributed by atoms with Gasteiger partial charge in [-0.2, -0.15) is 0 Å². The van der Waals surface area contributed by atoms with Crippen LogP contribution in [0.2, 0.25) is 5.02 Å². The number of benzene rings is 2. The first-order valence-electron chi connectivity index (χ1n) is 8.14. The van der Waals surface area contributed by atoms with Crippen molar-refractivity contribution in [2.45, 2.75) is 19.3 Å². The van der Waals surface area contributed by atoms with Crippen LogP contribution in [0.4, 0.5) is 5.69 Å². The van der Waals surface area contributed by atoms with E-state index in [1.165, 1.54) is 11.8 Å². The number of halogens is 1. The monoisotopic (exact) mass is 390 g/mol. The molecular formula is C19H19ClN2O3S. The predicted molar refractivity (Wildman–Crippen MR) is 107 cm³/mol. The summed E-state index contributed by atoms with van der Waals surface area (Å²) in [7, 11) is 0. The molecule has 1 saturated heterocycles. The summed E-state index contributed by atoms with van der Waals surface area (Å²) >= 11 is 7.43. The third-order valence-corrected chi connectivity index (χ3v) is 5.06. The van der Waals surface area contributed by atoms with Gasteiger partial charge in [0.15, 0.2) is 17.0 Å². The number of rotatable bonds is 5. The van der Waals surface area contributed by atoms with Crippen molar-refractivity contribution in [1.29, 1.82) is 0 Å². The van der Waals surface area contributed by atoms with Crippen LogP contribution < -0.4 is 15.4 Å². The molecule has 136 valence electrons. The molecule has 0 aliphatic carbocycles. The molecule has 0 saturated carbocycles. The van der Waals surface area contributed by atoms with Crippen molar-refractivity contribution < 1.29 is 14.6 Å². The molecule has 1 aliphatic heterocycles. The normalized spacial score (nSPS) is 18.0. The fraction of sp³-hybridized carbons (Fsp3) is 0.211. The Morgan fingerprint density at radius 3 is 2.92 bits per heavy atom. The van der Waals surface area contributed by atoms with E-state index in [1.54, 1.807) is 24.3 Å². The first-order valence-corrected chi connectivity index (χ1v) is 9.39. The smallest absolute Gasteiger partial charge is 0.260 e. The van der Waals surface area contributed by atoms with Crippen molar-refractivity contribution in [1.82, 2.24) is 5.32 Å². The van der Waals surface area contributed by atoms with E-state index in [0.717, 1.165) is 16.8 Å². The van der Waals surface area contributed by atoms with Crippen molar-refractivity contribution in [2.24, 2.45) is 0 Å². The highest BCUT2D eigenvalue weighted by molar-refractivity contribution is 8.05. The quantitative estimate of drug-likeness (QED) is 0.662. The van der Waals surface area contributed by atoms with E-state index >= 15 is 0 Å². The molecule has 7 heteroatoms. The number of aryl methyl sites for hydroxylation is 1. The van der Waals surface area contributed by atoms with Crippen LogP contribution in [0, 0.1) is 6.92 Å². The number of hydrogen-bond acceptors (Lipinski definition) is 5. The average Bonchev–Trinajstić information content (AvgIpc) is 2.93. The number of ether oxygens (including phenoxy) is 1. The Morgan fingerprint density at radius 2 is 2.15 bits per heavy atom. The van der Waals surface area contributed by atoms with Gasteiger partial charge in [0.05, 0.1) is 11.5 Å². The summed E-state index contributed by atoms with van der Waals surface area (Å²) in [6.07, 6.45) is 1.77. The molecule has 1 heterocycles. The highest BCUT2D eigenvalue weighted by Gasteiger charge is 2.27. The van der Waals surface area contributed by atoms with Crippen LogP contribution in [-0.2, 0) is 4.79 Å². The highest BCUT2D eigenvalue weighted by atomic mass is 35.5. The van der Waals surface area contributed by atoms with Gasteiger partial charge in [-0.05, 0) is 55.3 Å². The Balaban J connectivity index is 1.76. The molecular weight excluding hydrogens is 372 g/mol. The maximum Gasteiger partial charge on any atom is 0.260 e. The van der Waals surface area contributed by atoms with Crippen molar-refractivity contribution in [3.63, 3.8) is 0 Å². The molecule has 0 aromatic heterocycles. The number of phenols is 1. The largest absolute Gasteiger partial charge is 0.504 e. The average molecular weight is 391 g/mol. The topological polar surface area (TPSA) is 70.6 Å². The minimum absolute atomic E-state index is 0.0773. The molecule has 1 fully saturated rings. The number of nitrogens with one attached hydrogen (secondary N) is 2. The molecule has 0 spiro atoms. The second-order valence-electron chi connectivity index (χ2n) is 5.74. The molecule has 0 bridgehead atoms. The third kappa shape index (κ3) is 4.26. The molecule has 3 rings (SSSR count). The first-order chi connectivity index (χ1) is 12.5. The van der Waals surface area contributed by atoms with Crippen LogP contribution >= 0.6 is 23.4 Å². The predicted octanol–water partition coefficient (Wildman–Crippen LogP) is 4.35. The summed E-state index contributed by atoms with van der Waals surface area (Å²) < 4.78 is 5.38. The van der Waals surface area contributed by atoms with Crippen molar-refractivity contribution >= 4 is 41.0 Å². The standard InChI is InChI=1S/C19H19ClN2O3S/c1-3-25-16-8-12(5-7-15(16)23)9-17-18(24)22-19(26-17)21-14-10-13(20)6-4-11(14)2/h4-10,19,21,23H,3H2,1-2H3,(H,22,24)/b17-9-. The third-order valence-electron chi connectivity index (χ3n) is 3.80. The number of carbonyl (C=O) groups is 1. The maximum atomic E-state index is 12.3. The molecule has 1 amide bonds. The molecule has 3 N–H and O–H groups in total. The Bertz CT molecular complexity index is 870. The van der Waals surface area contributed by atoms with Gasteiger partial charge in [0.2, 0.25) is 0 Å². The van der Waals surface area contributed by atoms with Gasteiger partial charge < -0.3 is 20.5 Å². The van der Waals surface area contributed by atoms with E-state index in [4.69, 9.17) is 16.3 Å². The van der Waals surface area contributed by atoms with Gasteiger partial charge in [0, 0.05) is 10.7 Å². The molecule has 2 aromatic rings. The van der Waals surface area contributed by atoms with Crippen LogP contribution in [0.1, 0.15) is 18.1 Å². The molecule has 2 aromatic carbocycles. The first kappa shape index (κ1) is 18.5. The maximum absolute atomic E-state index is 12.3. The second kappa shape index (κ2) is 7.93. The second-order valence-corrected chi connectivity index (χ2v) is 7.33. The Hall–Kier alpha value is -2.31. The summed E-state index contributed by atoms with van der Waals surface area (Å²) in [6.45, 7) is 4.27. The zero-order chi connectivity index (χ0) is 18.7. The molecule has 0 radical (unpaired) electrons. The Kier molecular flexibility index (Phi) is 5.64. The van der Waals surface area contributed by atoms with Crippen LogP contribution in [0.3, 0.4) is 0 Å². The van der Waals surface area contributed by atoms with E-state index in [0.29, 0.717) is 22.3 Å². The van der Waals surface area contributed by atoms with E-state index in [9.17, 15) is 9.90 Å². The van der Waals surface area contributed by atoms with Crippen LogP contribution in [0.25, 0.3) is 6.08 Å². The minimum Gasteiger partial charge on any atom is -0.504 e. The van der Waals surface area contributed by atoms with E-state index < -0.39 is 0 Å². The van der Waals surface area contributed by atoms with Gasteiger partial charge in [0.1, 0.15) is 0 Å². The molecule has 1 unspecified atom stereocenters. The minimum atomic E-state index is -0.283. The van der Waals surface area contributed by atoms with Crippen LogP contribution in [0.5, 0.6) is 11.5 Å². The Labute approximate surface area is 161 Å². The lowest BCUT2D eigenvalue weighted by atomic mass is 10.2. The van der Waals surface area contributed by atoms with Crippen LogP contribution in [-0.4, -0.2) is 23.1 Å². The van der Waals surface area contributed by atoms with Gasteiger partial charge in [-0.1, -0.05) is 35.5 Å². The summed E-state index contributed by atoms with van der Waals surface area (Å²) in [5, 5.41) is 16.6. The molecule has 5 nitrogen and oxygen atoms in total. The van der Waals surface area contributed by atoms with Crippen molar-refractivity contribution in [3.8, 4) is 11.5 Å². The lowest BCUT2D eigenvalue weighted by Gasteiger charge is -2.15. The lowest BCUT2D eigenvalue weighted by molar-refractivity contribution is -0.116. The lowest BCUT2D eigenvalue weighted by Crippen LogP contribution is -2.31. The zero-order valence-corrected chi connectivity index (χ0v) is 15.9. The highest BCUT2D eigenvalue weighted by Crippen LogP contribution is 2.33. The number of phenolic OH excluding ortho intramolecular Hbond substituents is 1. The number of anilines is 1. The molecule has 26 heavy (non-hydrogen) atoms. The van der Waals surface area contributed by atoms with E-state index in [2.05, 4.69) is 10.6 Å². The fourth-order valence-electron chi connectivity index (χ4n) is 2.50.